The van der Waals surface area contributed by atoms with Gasteiger partial charge in [-0.25, -0.2) is 0 Å². The van der Waals surface area contributed by atoms with Crippen molar-refractivity contribution in [2.45, 2.75) is 48.9 Å². The van der Waals surface area contributed by atoms with Crippen molar-refractivity contribution in [2.24, 2.45) is 0 Å². The Hall–Kier alpha value is -0.420. The number of aliphatic hydroxyl groups excluding tert-OH is 1. The van der Waals surface area contributed by atoms with E-state index in [4.69, 9.17) is 4.74 Å². The first kappa shape index (κ1) is 18.9. The van der Waals surface area contributed by atoms with Crippen LogP contribution in [0.3, 0.4) is 0 Å². The Morgan fingerprint density at radius 3 is 2.70 bits per heavy atom. The molecule has 0 aromatic heterocycles. The van der Waals surface area contributed by atoms with Crippen LogP contribution in [0.25, 0.3) is 0 Å². The molecule has 1 aromatic carbocycles. The third kappa shape index (κ3) is 6.92. The Bertz CT molecular complexity index is 444. The first-order valence-electron chi connectivity index (χ1n) is 8.43. The number of thioether (sulfide) groups is 2. The highest BCUT2D eigenvalue weighted by Crippen LogP contribution is 2.48. The van der Waals surface area contributed by atoms with E-state index in [2.05, 4.69) is 18.7 Å². The van der Waals surface area contributed by atoms with Gasteiger partial charge >= 0.3 is 0 Å². The topological polar surface area (TPSA) is 29.5 Å². The van der Waals surface area contributed by atoms with E-state index < -0.39 is 0 Å². The molecule has 0 saturated carbocycles. The fourth-order valence-electron chi connectivity index (χ4n) is 2.80. The second kappa shape index (κ2) is 10.4. The van der Waals surface area contributed by atoms with Crippen molar-refractivity contribution in [1.82, 2.24) is 0 Å². The fraction of sp³-hybridized carbons (Fsp3) is 0.579. The maximum Gasteiger partial charge on any atom is 0.0795 e. The van der Waals surface area contributed by atoms with Crippen molar-refractivity contribution in [1.29, 1.82) is 0 Å². The van der Waals surface area contributed by atoms with E-state index in [1.807, 2.05) is 47.8 Å². The number of hydrogen-bond donors (Lipinski definition) is 1. The number of rotatable bonds is 10. The SMILES string of the molecule is C=CCCCC1(CC(O)COCc2ccccc2)SCCCS1. The van der Waals surface area contributed by atoms with Crippen LogP contribution in [-0.2, 0) is 11.3 Å². The molecule has 0 amide bonds. The Morgan fingerprint density at radius 2 is 2.00 bits per heavy atom. The molecule has 128 valence electrons. The maximum atomic E-state index is 10.4. The highest BCUT2D eigenvalue weighted by molar-refractivity contribution is 8.18. The average molecular weight is 353 g/mol. The molecule has 1 heterocycles. The molecule has 23 heavy (non-hydrogen) atoms. The number of unbranched alkanes of at least 4 members (excludes halogenated alkanes) is 1. The van der Waals surface area contributed by atoms with Crippen LogP contribution in [-0.4, -0.2) is 33.4 Å². The zero-order chi connectivity index (χ0) is 16.4. The molecule has 1 atom stereocenters. The zero-order valence-electron chi connectivity index (χ0n) is 13.8. The molecule has 1 N–H and O–H groups in total. The summed E-state index contributed by atoms with van der Waals surface area (Å²) < 4.78 is 5.87. The predicted octanol–water partition coefficient (Wildman–Crippen LogP) is 4.88. The van der Waals surface area contributed by atoms with Crippen LogP contribution in [0.5, 0.6) is 0 Å². The van der Waals surface area contributed by atoms with Gasteiger partial charge in [-0.05, 0) is 49.2 Å². The summed E-state index contributed by atoms with van der Waals surface area (Å²) in [4.78, 5) is 0. The lowest BCUT2D eigenvalue weighted by Gasteiger charge is -2.37. The molecule has 1 aliphatic heterocycles. The summed E-state index contributed by atoms with van der Waals surface area (Å²) in [7, 11) is 0. The summed E-state index contributed by atoms with van der Waals surface area (Å²) in [5, 5.41) is 10.4. The van der Waals surface area contributed by atoms with E-state index >= 15 is 0 Å². The van der Waals surface area contributed by atoms with E-state index in [0.29, 0.717) is 13.2 Å². The molecule has 0 bridgehead atoms. The molecule has 1 fully saturated rings. The fourth-order valence-corrected chi connectivity index (χ4v) is 6.34. The molecule has 1 unspecified atom stereocenters. The second-order valence-electron chi connectivity index (χ2n) is 6.00. The molecule has 2 nitrogen and oxygen atoms in total. The van der Waals surface area contributed by atoms with Crippen LogP contribution in [0.4, 0.5) is 0 Å². The predicted molar refractivity (Wildman–Crippen MR) is 103 cm³/mol. The quantitative estimate of drug-likeness (QED) is 0.480. The smallest absolute Gasteiger partial charge is 0.0795 e. The Balaban J connectivity index is 1.77. The van der Waals surface area contributed by atoms with Gasteiger partial charge in [-0.1, -0.05) is 36.4 Å². The van der Waals surface area contributed by atoms with Crippen LogP contribution < -0.4 is 0 Å². The van der Waals surface area contributed by atoms with Gasteiger partial charge in [-0.2, -0.15) is 0 Å². The van der Waals surface area contributed by atoms with E-state index in [1.165, 1.54) is 17.9 Å². The van der Waals surface area contributed by atoms with Gasteiger partial charge in [0.05, 0.1) is 23.4 Å². The summed E-state index contributed by atoms with van der Waals surface area (Å²) in [6.07, 6.45) is 7.05. The third-order valence-electron chi connectivity index (χ3n) is 3.95. The van der Waals surface area contributed by atoms with Crippen LogP contribution >= 0.6 is 23.5 Å². The van der Waals surface area contributed by atoms with Gasteiger partial charge in [-0.3, -0.25) is 0 Å². The summed E-state index contributed by atoms with van der Waals surface area (Å²) >= 11 is 4.06. The highest BCUT2D eigenvalue weighted by atomic mass is 32.2. The van der Waals surface area contributed by atoms with Gasteiger partial charge < -0.3 is 9.84 Å². The lowest BCUT2D eigenvalue weighted by Crippen LogP contribution is -2.32. The lowest BCUT2D eigenvalue weighted by molar-refractivity contribution is 0.0228. The van der Waals surface area contributed by atoms with Gasteiger partial charge in [0.2, 0.25) is 0 Å². The number of hydrogen-bond acceptors (Lipinski definition) is 4. The summed E-state index contributed by atoms with van der Waals surface area (Å²) in [5.74, 6) is 2.41. The molecular weight excluding hydrogens is 324 g/mol. The van der Waals surface area contributed by atoms with Gasteiger partial charge in [0, 0.05) is 0 Å². The summed E-state index contributed by atoms with van der Waals surface area (Å²) in [6, 6.07) is 10.1. The normalized spacial score (nSPS) is 18.5. The van der Waals surface area contributed by atoms with Crippen molar-refractivity contribution in [3.8, 4) is 0 Å². The van der Waals surface area contributed by atoms with Crippen LogP contribution in [0, 0.1) is 0 Å². The molecule has 0 spiro atoms. The monoisotopic (exact) mass is 352 g/mol. The Labute approximate surface area is 149 Å². The van der Waals surface area contributed by atoms with Gasteiger partial charge in [-0.15, -0.1) is 30.1 Å². The molecule has 1 aromatic rings. The molecule has 0 aliphatic carbocycles. The van der Waals surface area contributed by atoms with Crippen molar-refractivity contribution in [3.63, 3.8) is 0 Å². The minimum atomic E-state index is -0.388. The highest BCUT2D eigenvalue weighted by Gasteiger charge is 2.35. The minimum Gasteiger partial charge on any atom is -0.391 e. The van der Waals surface area contributed by atoms with Crippen molar-refractivity contribution in [2.75, 3.05) is 18.1 Å². The van der Waals surface area contributed by atoms with Crippen molar-refractivity contribution < 1.29 is 9.84 Å². The summed E-state index contributed by atoms with van der Waals surface area (Å²) in [5.41, 5.74) is 1.15. The zero-order valence-corrected chi connectivity index (χ0v) is 15.4. The van der Waals surface area contributed by atoms with Crippen LogP contribution in [0.2, 0.25) is 0 Å². The lowest BCUT2D eigenvalue weighted by atomic mass is 10.1. The van der Waals surface area contributed by atoms with Crippen LogP contribution in [0.1, 0.15) is 37.7 Å². The molecule has 1 saturated heterocycles. The number of aliphatic hydroxyl groups is 1. The van der Waals surface area contributed by atoms with Crippen molar-refractivity contribution >= 4 is 23.5 Å². The number of ether oxygens (including phenoxy) is 1. The van der Waals surface area contributed by atoms with Gasteiger partial charge in [0.15, 0.2) is 0 Å². The van der Waals surface area contributed by atoms with Crippen LogP contribution in [0.15, 0.2) is 43.0 Å². The van der Waals surface area contributed by atoms with Crippen molar-refractivity contribution in [3.05, 3.63) is 48.6 Å². The second-order valence-corrected chi connectivity index (χ2v) is 9.22. The van der Waals surface area contributed by atoms with Gasteiger partial charge in [0.1, 0.15) is 0 Å². The number of allylic oxidation sites excluding steroid dienone is 1. The Kier molecular flexibility index (Phi) is 8.59. The standard InChI is InChI=1S/C19H28O2S2/c1-2-3-7-11-19(22-12-8-13-23-19)14-18(20)16-21-15-17-9-5-4-6-10-17/h2,4-6,9-10,18,20H,1,3,7-8,11-16H2. The molecule has 2 rings (SSSR count). The summed E-state index contributed by atoms with van der Waals surface area (Å²) in [6.45, 7) is 4.80. The number of benzene rings is 1. The third-order valence-corrected chi connectivity index (χ3v) is 7.44. The first-order chi connectivity index (χ1) is 11.2. The first-order valence-corrected chi connectivity index (χ1v) is 10.4. The molecule has 1 aliphatic rings. The molecule has 4 heteroatoms. The minimum absolute atomic E-state index is 0.163. The average Bonchev–Trinajstić information content (AvgIpc) is 2.57. The maximum absolute atomic E-state index is 10.4. The Morgan fingerprint density at radius 1 is 1.26 bits per heavy atom. The van der Waals surface area contributed by atoms with E-state index in [1.54, 1.807) is 0 Å². The largest absolute Gasteiger partial charge is 0.391 e. The molecule has 0 radical (unpaired) electrons. The van der Waals surface area contributed by atoms with E-state index in [0.717, 1.165) is 31.2 Å². The van der Waals surface area contributed by atoms with Gasteiger partial charge in [0.25, 0.3) is 0 Å². The van der Waals surface area contributed by atoms with E-state index in [-0.39, 0.29) is 10.2 Å². The van der Waals surface area contributed by atoms with E-state index in [9.17, 15) is 5.11 Å². The molecular formula is C19H28O2S2.